The van der Waals surface area contributed by atoms with E-state index in [4.69, 9.17) is 5.73 Å². The van der Waals surface area contributed by atoms with Crippen LogP contribution in [0.25, 0.3) is 11.4 Å². The lowest BCUT2D eigenvalue weighted by Crippen LogP contribution is -2.57. The minimum Gasteiger partial charge on any atom is -0.322 e. The van der Waals surface area contributed by atoms with Gasteiger partial charge in [0, 0.05) is 30.4 Å². The SMILES string of the molecule is N#C[C@@H]1C[C@@H]2C[C@@H]2N1C(=O)[C@@H](N)CN1CC2C[C@@H]1C(=O)N2c1ccc(-c2nn[nH]n2)cc1. The summed E-state index contributed by atoms with van der Waals surface area (Å²) in [6.45, 7) is 1.01. The van der Waals surface area contributed by atoms with Crippen molar-refractivity contribution >= 4 is 17.5 Å². The highest BCUT2D eigenvalue weighted by Crippen LogP contribution is 2.47. The fourth-order valence-electron chi connectivity index (χ4n) is 5.67. The molecule has 6 rings (SSSR count). The first-order chi connectivity index (χ1) is 15.5. The zero-order valence-electron chi connectivity index (χ0n) is 17.3. The Bertz CT molecular complexity index is 1100. The van der Waals surface area contributed by atoms with Crippen LogP contribution >= 0.6 is 0 Å². The van der Waals surface area contributed by atoms with E-state index in [-0.39, 0.29) is 36.0 Å². The summed E-state index contributed by atoms with van der Waals surface area (Å²) >= 11 is 0. The number of hydrogen-bond donors (Lipinski definition) is 2. The summed E-state index contributed by atoms with van der Waals surface area (Å²) in [5.41, 5.74) is 7.93. The van der Waals surface area contributed by atoms with Gasteiger partial charge < -0.3 is 15.5 Å². The largest absolute Gasteiger partial charge is 0.322 e. The van der Waals surface area contributed by atoms with Gasteiger partial charge in [0.25, 0.3) is 0 Å². The molecule has 0 spiro atoms. The maximum atomic E-state index is 13.1. The molecule has 11 heteroatoms. The van der Waals surface area contributed by atoms with E-state index in [1.165, 1.54) is 0 Å². The van der Waals surface area contributed by atoms with Crippen LogP contribution in [0.5, 0.6) is 0 Å². The second kappa shape index (κ2) is 7.08. The van der Waals surface area contributed by atoms with Crippen LogP contribution in [0.1, 0.15) is 19.3 Å². The molecule has 11 nitrogen and oxygen atoms in total. The Morgan fingerprint density at radius 1 is 1.28 bits per heavy atom. The summed E-state index contributed by atoms with van der Waals surface area (Å²) in [4.78, 5) is 31.6. The summed E-state index contributed by atoms with van der Waals surface area (Å²) < 4.78 is 0. The van der Waals surface area contributed by atoms with Crippen molar-refractivity contribution in [2.45, 2.75) is 49.5 Å². The lowest BCUT2D eigenvalue weighted by Gasteiger charge is -2.35. The summed E-state index contributed by atoms with van der Waals surface area (Å²) in [5, 5.41) is 23.3. The lowest BCUT2D eigenvalue weighted by atomic mass is 10.1. The molecule has 2 bridgehead atoms. The number of aromatic nitrogens is 4. The Labute approximate surface area is 184 Å². The molecule has 3 saturated heterocycles. The molecule has 2 amide bonds. The van der Waals surface area contributed by atoms with Crippen molar-refractivity contribution in [3.8, 4) is 17.5 Å². The number of carbonyl (C=O) groups excluding carboxylic acids is 2. The van der Waals surface area contributed by atoms with Crippen molar-refractivity contribution in [3.63, 3.8) is 0 Å². The van der Waals surface area contributed by atoms with Crippen LogP contribution in [0.4, 0.5) is 5.69 Å². The molecule has 1 aromatic carbocycles. The third-order valence-electron chi connectivity index (χ3n) is 7.27. The van der Waals surface area contributed by atoms with E-state index in [1.807, 2.05) is 34.1 Å². The van der Waals surface area contributed by atoms with Gasteiger partial charge in [-0.3, -0.25) is 14.5 Å². The molecule has 3 N–H and O–H groups in total. The van der Waals surface area contributed by atoms with Crippen LogP contribution in [-0.4, -0.2) is 85.5 Å². The van der Waals surface area contributed by atoms with Gasteiger partial charge in [-0.15, -0.1) is 10.2 Å². The number of fused-ring (bicyclic) bond motifs is 3. The highest BCUT2D eigenvalue weighted by Gasteiger charge is 2.55. The van der Waals surface area contributed by atoms with Crippen LogP contribution in [0.2, 0.25) is 0 Å². The number of H-pyrrole nitrogens is 1. The zero-order valence-corrected chi connectivity index (χ0v) is 17.3. The number of anilines is 1. The van der Waals surface area contributed by atoms with E-state index >= 15 is 0 Å². The molecular weight excluding hydrogens is 410 g/mol. The minimum atomic E-state index is -0.722. The number of rotatable bonds is 5. The number of carbonyl (C=O) groups is 2. The molecule has 6 atom stereocenters. The van der Waals surface area contributed by atoms with Crippen LogP contribution in [0.15, 0.2) is 24.3 Å². The predicted octanol–water partition coefficient (Wildman–Crippen LogP) is -0.504. The second-order valence-corrected chi connectivity index (χ2v) is 9.15. The monoisotopic (exact) mass is 433 g/mol. The van der Waals surface area contributed by atoms with Gasteiger partial charge in [0.15, 0.2) is 0 Å². The van der Waals surface area contributed by atoms with Crippen LogP contribution in [0, 0.1) is 17.2 Å². The molecule has 164 valence electrons. The van der Waals surface area contributed by atoms with Crippen LogP contribution in [0.3, 0.4) is 0 Å². The number of piperidine rings is 1. The number of nitrogens with one attached hydrogen (secondary N) is 1. The summed E-state index contributed by atoms with van der Waals surface area (Å²) in [6, 6.07) is 8.65. The van der Waals surface area contributed by atoms with E-state index in [2.05, 4.69) is 26.7 Å². The molecule has 32 heavy (non-hydrogen) atoms. The van der Waals surface area contributed by atoms with E-state index in [1.54, 1.807) is 4.90 Å². The maximum absolute atomic E-state index is 13.1. The molecule has 4 heterocycles. The van der Waals surface area contributed by atoms with Gasteiger partial charge in [-0.2, -0.15) is 10.5 Å². The molecule has 3 aliphatic heterocycles. The second-order valence-electron chi connectivity index (χ2n) is 9.15. The van der Waals surface area contributed by atoms with Crippen molar-refractivity contribution < 1.29 is 9.59 Å². The highest BCUT2D eigenvalue weighted by atomic mass is 16.2. The normalized spacial score (nSPS) is 31.6. The van der Waals surface area contributed by atoms with Crippen LogP contribution < -0.4 is 10.6 Å². The van der Waals surface area contributed by atoms with Crippen molar-refractivity contribution in [2.24, 2.45) is 11.7 Å². The van der Waals surface area contributed by atoms with Crippen molar-refractivity contribution in [1.82, 2.24) is 30.4 Å². The number of aromatic amines is 1. The van der Waals surface area contributed by atoms with Gasteiger partial charge >= 0.3 is 0 Å². The minimum absolute atomic E-state index is 0.0338. The number of tetrazole rings is 1. The fourth-order valence-corrected chi connectivity index (χ4v) is 5.67. The van der Waals surface area contributed by atoms with Gasteiger partial charge in [-0.05, 0) is 54.7 Å². The third-order valence-corrected chi connectivity index (χ3v) is 7.27. The topological polar surface area (TPSA) is 148 Å². The Hall–Kier alpha value is -3.36. The smallest absolute Gasteiger partial charge is 0.244 e. The summed E-state index contributed by atoms with van der Waals surface area (Å²) in [5.74, 6) is 0.835. The predicted molar refractivity (Wildman–Crippen MR) is 112 cm³/mol. The summed E-state index contributed by atoms with van der Waals surface area (Å²) in [6.07, 6.45) is 2.46. The number of benzene rings is 1. The van der Waals surface area contributed by atoms with E-state index in [0.29, 0.717) is 24.8 Å². The number of likely N-dealkylation sites (tertiary alicyclic amines) is 2. The third kappa shape index (κ3) is 2.91. The van der Waals surface area contributed by atoms with Gasteiger partial charge in [0.1, 0.15) is 6.04 Å². The summed E-state index contributed by atoms with van der Waals surface area (Å²) in [7, 11) is 0. The number of amides is 2. The Morgan fingerprint density at radius 3 is 2.78 bits per heavy atom. The van der Waals surface area contributed by atoms with Gasteiger partial charge in [0.2, 0.25) is 17.6 Å². The van der Waals surface area contributed by atoms with Crippen molar-refractivity contribution in [3.05, 3.63) is 24.3 Å². The average molecular weight is 433 g/mol. The number of nitrogens with zero attached hydrogens (tertiary/aromatic N) is 7. The van der Waals surface area contributed by atoms with Crippen LogP contribution in [-0.2, 0) is 9.59 Å². The molecule has 2 aromatic rings. The van der Waals surface area contributed by atoms with Gasteiger partial charge in [-0.1, -0.05) is 0 Å². The average Bonchev–Trinajstić information content (AvgIpc) is 3.25. The Kier molecular flexibility index (Phi) is 4.28. The molecule has 1 aliphatic carbocycles. The van der Waals surface area contributed by atoms with E-state index in [9.17, 15) is 14.9 Å². The highest BCUT2D eigenvalue weighted by molar-refractivity contribution is 6.01. The molecule has 4 aliphatic rings. The number of nitrogens with two attached hydrogens (primary N) is 1. The molecule has 1 unspecified atom stereocenters. The quantitative estimate of drug-likeness (QED) is 0.641. The van der Waals surface area contributed by atoms with E-state index in [0.717, 1.165) is 30.5 Å². The first-order valence-corrected chi connectivity index (χ1v) is 10.9. The molecule has 4 fully saturated rings. The zero-order chi connectivity index (χ0) is 22.0. The fraction of sp³-hybridized carbons (Fsp3) is 0.524. The molecule has 0 radical (unpaired) electrons. The maximum Gasteiger partial charge on any atom is 0.244 e. The molecule has 1 aromatic heterocycles. The molecule has 1 saturated carbocycles. The standard InChI is InChI=1S/C21H23N9O2/c22-8-14-5-12-6-17(12)30(14)20(31)16(23)10-28-9-15-7-18(28)21(32)29(15)13-3-1-11(2-4-13)19-24-26-27-25-19/h1-4,12,14-18H,5-7,9-10,23H2,(H,24,25,26,27)/t12-,14+,15?,16+,17+,18-/m1/s1. The Balaban J connectivity index is 1.11. The van der Waals surface area contributed by atoms with Gasteiger partial charge in [0.05, 0.1) is 24.2 Å². The number of nitriles is 1. The first-order valence-electron chi connectivity index (χ1n) is 10.9. The lowest BCUT2D eigenvalue weighted by molar-refractivity contribution is -0.135. The van der Waals surface area contributed by atoms with Gasteiger partial charge in [-0.25, -0.2) is 0 Å². The Morgan fingerprint density at radius 2 is 2.09 bits per heavy atom. The first kappa shape index (κ1) is 19.3. The number of hydrogen-bond acceptors (Lipinski definition) is 8. The van der Waals surface area contributed by atoms with Crippen molar-refractivity contribution in [1.29, 1.82) is 5.26 Å². The molecular formula is C21H23N9O2. The van der Waals surface area contributed by atoms with Crippen molar-refractivity contribution in [2.75, 3.05) is 18.0 Å². The van der Waals surface area contributed by atoms with E-state index < -0.39 is 6.04 Å². The number of piperazine rings is 1.